The zero-order valence-electron chi connectivity index (χ0n) is 8.67. The van der Waals surface area contributed by atoms with Crippen LogP contribution < -0.4 is 5.32 Å². The lowest BCUT2D eigenvalue weighted by atomic mass is 10.0. The van der Waals surface area contributed by atoms with Gasteiger partial charge in [-0.15, -0.1) is 0 Å². The first-order chi connectivity index (χ1) is 6.49. The van der Waals surface area contributed by atoms with Crippen LogP contribution in [0.25, 0.3) is 0 Å². The van der Waals surface area contributed by atoms with Crippen molar-refractivity contribution in [2.24, 2.45) is 0 Å². The van der Waals surface area contributed by atoms with Crippen LogP contribution in [0, 0.1) is 0 Å². The highest BCUT2D eigenvalue weighted by Crippen LogP contribution is 2.24. The lowest BCUT2D eigenvalue weighted by Gasteiger charge is -2.22. The zero-order valence-corrected chi connectivity index (χ0v) is 8.67. The fraction of sp³-hybridized carbons (Fsp3) is 0.800. The molecule has 1 unspecified atom stereocenters. The molecule has 14 heavy (non-hydrogen) atoms. The van der Waals surface area contributed by atoms with Crippen molar-refractivity contribution in [1.29, 1.82) is 0 Å². The number of amides is 2. The Bertz CT molecular complexity index is 260. The molecule has 1 atom stereocenters. The maximum absolute atomic E-state index is 11.8. The lowest BCUT2D eigenvalue weighted by Crippen LogP contribution is -2.46. The number of nitrogens with zero attached hydrogens (tertiary/aromatic N) is 1. The van der Waals surface area contributed by atoms with Crippen molar-refractivity contribution in [3.8, 4) is 0 Å². The van der Waals surface area contributed by atoms with Crippen LogP contribution in [0.4, 0.5) is 0 Å². The van der Waals surface area contributed by atoms with Crippen LogP contribution in [0.5, 0.6) is 0 Å². The molecule has 1 N–H and O–H groups in total. The highest BCUT2D eigenvalue weighted by Gasteiger charge is 2.41. The van der Waals surface area contributed by atoms with Crippen molar-refractivity contribution < 1.29 is 9.59 Å². The van der Waals surface area contributed by atoms with Gasteiger partial charge in [-0.1, -0.05) is 0 Å². The first-order valence-electron chi connectivity index (χ1n) is 5.11. The second-order valence-corrected chi connectivity index (χ2v) is 4.80. The Kier molecular flexibility index (Phi) is 2.01. The number of fused-ring (bicyclic) bond motifs is 1. The molecule has 2 aliphatic heterocycles. The fourth-order valence-electron chi connectivity index (χ4n) is 2.28. The molecule has 2 heterocycles. The summed E-state index contributed by atoms with van der Waals surface area (Å²) in [7, 11) is 0. The van der Waals surface area contributed by atoms with E-state index in [1.165, 1.54) is 0 Å². The highest BCUT2D eigenvalue weighted by molar-refractivity contribution is 5.91. The first-order valence-corrected chi connectivity index (χ1v) is 5.11. The molecule has 0 aromatic heterocycles. The Morgan fingerprint density at radius 2 is 2.14 bits per heavy atom. The van der Waals surface area contributed by atoms with Crippen LogP contribution in [0.15, 0.2) is 0 Å². The van der Waals surface area contributed by atoms with E-state index in [0.29, 0.717) is 6.42 Å². The molecule has 2 amide bonds. The summed E-state index contributed by atoms with van der Waals surface area (Å²) in [5.74, 6) is 0.120. The zero-order chi connectivity index (χ0) is 10.3. The average molecular weight is 196 g/mol. The van der Waals surface area contributed by atoms with Gasteiger partial charge in [-0.25, -0.2) is 0 Å². The van der Waals surface area contributed by atoms with Crippen LogP contribution in [0.3, 0.4) is 0 Å². The molecule has 0 aromatic carbocycles. The van der Waals surface area contributed by atoms with E-state index in [2.05, 4.69) is 5.32 Å². The smallest absolute Gasteiger partial charge is 0.243 e. The van der Waals surface area contributed by atoms with Gasteiger partial charge in [0.25, 0.3) is 0 Å². The minimum Gasteiger partial charge on any atom is -0.349 e. The number of carbonyl (C=O) groups excluding carboxylic acids is 2. The monoisotopic (exact) mass is 196 g/mol. The predicted octanol–water partition coefficient (Wildman–Crippen LogP) is 0.276. The molecule has 2 saturated heterocycles. The van der Waals surface area contributed by atoms with Crippen LogP contribution in [-0.4, -0.2) is 34.8 Å². The number of hydrogen-bond donors (Lipinski definition) is 1. The molecule has 0 radical (unpaired) electrons. The molecule has 0 bridgehead atoms. The molecule has 4 heteroatoms. The summed E-state index contributed by atoms with van der Waals surface area (Å²) in [5.41, 5.74) is -0.390. The van der Waals surface area contributed by atoms with E-state index in [-0.39, 0.29) is 17.9 Å². The van der Waals surface area contributed by atoms with Gasteiger partial charge in [0.05, 0.1) is 0 Å². The molecule has 2 rings (SSSR count). The van der Waals surface area contributed by atoms with E-state index in [4.69, 9.17) is 0 Å². The number of carbonyl (C=O) groups is 2. The van der Waals surface area contributed by atoms with Crippen molar-refractivity contribution >= 4 is 11.8 Å². The van der Waals surface area contributed by atoms with Gasteiger partial charge in [-0.3, -0.25) is 9.59 Å². The minimum atomic E-state index is -0.390. The summed E-state index contributed by atoms with van der Waals surface area (Å²) in [6, 6.07) is -0.204. The van der Waals surface area contributed by atoms with Gasteiger partial charge in [-0.2, -0.15) is 0 Å². The van der Waals surface area contributed by atoms with Gasteiger partial charge in [-0.05, 0) is 26.7 Å². The predicted molar refractivity (Wildman–Crippen MR) is 51.6 cm³/mol. The van der Waals surface area contributed by atoms with Crippen LogP contribution in [-0.2, 0) is 9.59 Å². The van der Waals surface area contributed by atoms with Crippen LogP contribution in [0.2, 0.25) is 0 Å². The first kappa shape index (κ1) is 9.49. The molecule has 0 aliphatic carbocycles. The Morgan fingerprint density at radius 1 is 1.43 bits per heavy atom. The third kappa shape index (κ3) is 1.49. The summed E-state index contributed by atoms with van der Waals surface area (Å²) < 4.78 is 0. The third-order valence-electron chi connectivity index (χ3n) is 2.93. The Labute approximate surface area is 83.6 Å². The van der Waals surface area contributed by atoms with E-state index in [9.17, 15) is 9.59 Å². The molecule has 2 aliphatic rings. The van der Waals surface area contributed by atoms with Crippen LogP contribution >= 0.6 is 0 Å². The lowest BCUT2D eigenvalue weighted by molar-refractivity contribution is -0.135. The molecular weight excluding hydrogens is 180 g/mol. The quantitative estimate of drug-likeness (QED) is 0.605. The SMILES string of the molecule is CC1(C)CC(=O)N2CCCC2C(=O)N1. The maximum atomic E-state index is 11.8. The van der Waals surface area contributed by atoms with E-state index in [0.717, 1.165) is 19.4 Å². The Balaban J connectivity index is 2.26. The van der Waals surface area contributed by atoms with Crippen molar-refractivity contribution in [2.45, 2.75) is 44.7 Å². The summed E-state index contributed by atoms with van der Waals surface area (Å²) in [4.78, 5) is 25.3. The second kappa shape index (κ2) is 2.97. The van der Waals surface area contributed by atoms with E-state index in [1.54, 1.807) is 4.90 Å². The van der Waals surface area contributed by atoms with Gasteiger partial charge in [0.1, 0.15) is 6.04 Å². The van der Waals surface area contributed by atoms with Gasteiger partial charge in [0, 0.05) is 18.5 Å². The molecule has 0 aromatic rings. The van der Waals surface area contributed by atoms with E-state index in [1.807, 2.05) is 13.8 Å². The fourth-order valence-corrected chi connectivity index (χ4v) is 2.28. The molecule has 0 saturated carbocycles. The Morgan fingerprint density at radius 3 is 2.86 bits per heavy atom. The normalized spacial score (nSPS) is 31.0. The van der Waals surface area contributed by atoms with E-state index >= 15 is 0 Å². The van der Waals surface area contributed by atoms with Gasteiger partial charge in [0.2, 0.25) is 11.8 Å². The van der Waals surface area contributed by atoms with Crippen molar-refractivity contribution in [1.82, 2.24) is 10.2 Å². The van der Waals surface area contributed by atoms with Crippen molar-refractivity contribution in [3.63, 3.8) is 0 Å². The topological polar surface area (TPSA) is 49.4 Å². The Hall–Kier alpha value is -1.06. The highest BCUT2D eigenvalue weighted by atomic mass is 16.2. The average Bonchev–Trinajstić information content (AvgIpc) is 2.45. The van der Waals surface area contributed by atoms with Crippen molar-refractivity contribution in [2.75, 3.05) is 6.54 Å². The summed E-state index contributed by atoms with van der Waals surface area (Å²) in [6.07, 6.45) is 2.17. The number of nitrogens with one attached hydrogen (secondary N) is 1. The van der Waals surface area contributed by atoms with Gasteiger partial charge in [0.15, 0.2) is 0 Å². The van der Waals surface area contributed by atoms with Gasteiger partial charge >= 0.3 is 0 Å². The van der Waals surface area contributed by atoms with E-state index < -0.39 is 5.54 Å². The third-order valence-corrected chi connectivity index (χ3v) is 2.93. The molecular formula is C10H16N2O2. The number of rotatable bonds is 0. The minimum absolute atomic E-state index is 0.0124. The summed E-state index contributed by atoms with van der Waals surface area (Å²) in [6.45, 7) is 4.53. The molecule has 0 spiro atoms. The second-order valence-electron chi connectivity index (χ2n) is 4.80. The molecule has 4 nitrogen and oxygen atoms in total. The van der Waals surface area contributed by atoms with Crippen molar-refractivity contribution in [3.05, 3.63) is 0 Å². The summed E-state index contributed by atoms with van der Waals surface area (Å²) in [5, 5.41) is 2.92. The van der Waals surface area contributed by atoms with Crippen LogP contribution in [0.1, 0.15) is 33.1 Å². The molecule has 78 valence electrons. The maximum Gasteiger partial charge on any atom is 0.243 e. The molecule has 2 fully saturated rings. The largest absolute Gasteiger partial charge is 0.349 e. The number of hydrogen-bond acceptors (Lipinski definition) is 2. The van der Waals surface area contributed by atoms with Gasteiger partial charge < -0.3 is 10.2 Å². The standard InChI is InChI=1S/C10H16N2O2/c1-10(2)6-8(13)12-5-3-4-7(12)9(14)11-10/h7H,3-6H2,1-2H3,(H,11,14). The summed E-state index contributed by atoms with van der Waals surface area (Å²) >= 11 is 0.